The topological polar surface area (TPSA) is 101 Å². The van der Waals surface area contributed by atoms with Gasteiger partial charge in [0.25, 0.3) is 11.5 Å². The molecule has 0 spiro atoms. The molecule has 0 aliphatic rings. The Morgan fingerprint density at radius 2 is 2.00 bits per heavy atom. The Kier molecular flexibility index (Phi) is 3.33. The standard InChI is InChI=1S/C13H14N4O2/c1-7-5-8(2)10(14)6-9(7)13(19)15-11-3-4-12(18)17-16-11/h3-6H,14H2,1-2H3,(H,17,18)(H,15,16,19). The highest BCUT2D eigenvalue weighted by Gasteiger charge is 2.11. The highest BCUT2D eigenvalue weighted by atomic mass is 16.2. The fourth-order valence-corrected chi connectivity index (χ4v) is 1.71. The van der Waals surface area contributed by atoms with Crippen LogP contribution < -0.4 is 16.6 Å². The van der Waals surface area contributed by atoms with Gasteiger partial charge >= 0.3 is 0 Å². The second-order valence-corrected chi connectivity index (χ2v) is 4.28. The molecular formula is C13H14N4O2. The number of hydrogen-bond acceptors (Lipinski definition) is 4. The number of nitrogens with zero attached hydrogens (tertiary/aromatic N) is 1. The molecule has 0 bridgehead atoms. The predicted octanol–water partition coefficient (Wildman–Crippen LogP) is 1.22. The van der Waals surface area contributed by atoms with E-state index in [0.29, 0.717) is 11.3 Å². The maximum Gasteiger partial charge on any atom is 0.264 e. The van der Waals surface area contributed by atoms with Crippen LogP contribution in [0.4, 0.5) is 11.5 Å². The van der Waals surface area contributed by atoms with Gasteiger partial charge in [0, 0.05) is 17.3 Å². The maximum absolute atomic E-state index is 12.1. The van der Waals surface area contributed by atoms with Crippen molar-refractivity contribution in [1.29, 1.82) is 0 Å². The molecule has 19 heavy (non-hydrogen) atoms. The van der Waals surface area contributed by atoms with Crippen LogP contribution in [0, 0.1) is 13.8 Å². The van der Waals surface area contributed by atoms with Gasteiger partial charge in [-0.3, -0.25) is 9.59 Å². The Bertz CT molecular complexity index is 671. The third kappa shape index (κ3) is 2.79. The predicted molar refractivity (Wildman–Crippen MR) is 73.1 cm³/mol. The summed E-state index contributed by atoms with van der Waals surface area (Å²) < 4.78 is 0. The highest BCUT2D eigenvalue weighted by molar-refractivity contribution is 6.05. The number of anilines is 2. The molecule has 0 saturated carbocycles. The van der Waals surface area contributed by atoms with Crippen LogP contribution >= 0.6 is 0 Å². The number of carbonyl (C=O) groups is 1. The van der Waals surface area contributed by atoms with E-state index in [1.54, 1.807) is 6.07 Å². The van der Waals surface area contributed by atoms with Crippen LogP contribution in [-0.2, 0) is 0 Å². The van der Waals surface area contributed by atoms with Crippen molar-refractivity contribution in [3.63, 3.8) is 0 Å². The summed E-state index contributed by atoms with van der Waals surface area (Å²) in [6, 6.07) is 6.21. The van der Waals surface area contributed by atoms with Crippen LogP contribution in [0.5, 0.6) is 0 Å². The molecule has 0 radical (unpaired) electrons. The molecule has 1 amide bonds. The Morgan fingerprint density at radius 3 is 2.63 bits per heavy atom. The lowest BCUT2D eigenvalue weighted by Gasteiger charge is -2.09. The number of carbonyl (C=O) groups excluding carboxylic acids is 1. The monoisotopic (exact) mass is 258 g/mol. The molecule has 0 fully saturated rings. The van der Waals surface area contributed by atoms with E-state index in [0.717, 1.165) is 11.1 Å². The van der Waals surface area contributed by atoms with Crippen LogP contribution in [-0.4, -0.2) is 16.1 Å². The van der Waals surface area contributed by atoms with Gasteiger partial charge < -0.3 is 11.1 Å². The quantitative estimate of drug-likeness (QED) is 0.705. The van der Waals surface area contributed by atoms with Gasteiger partial charge in [0.05, 0.1) is 0 Å². The van der Waals surface area contributed by atoms with Crippen molar-refractivity contribution in [3.8, 4) is 0 Å². The number of rotatable bonds is 2. The molecule has 1 heterocycles. The zero-order valence-corrected chi connectivity index (χ0v) is 10.7. The molecule has 0 aliphatic carbocycles. The third-order valence-corrected chi connectivity index (χ3v) is 2.78. The van der Waals surface area contributed by atoms with Gasteiger partial charge in [0.2, 0.25) is 0 Å². The molecule has 0 saturated heterocycles. The molecule has 1 aromatic heterocycles. The lowest BCUT2D eigenvalue weighted by Crippen LogP contribution is -2.17. The largest absolute Gasteiger partial charge is 0.398 e. The van der Waals surface area contributed by atoms with Gasteiger partial charge in [-0.1, -0.05) is 6.07 Å². The van der Waals surface area contributed by atoms with Crippen molar-refractivity contribution in [3.05, 3.63) is 51.3 Å². The molecule has 4 N–H and O–H groups in total. The maximum atomic E-state index is 12.1. The molecule has 6 nitrogen and oxygen atoms in total. The van der Waals surface area contributed by atoms with Gasteiger partial charge in [-0.05, 0) is 37.1 Å². The summed E-state index contributed by atoms with van der Waals surface area (Å²) in [5.41, 5.74) is 8.27. The number of aromatic amines is 1. The second kappa shape index (κ2) is 4.93. The molecule has 0 aliphatic heterocycles. The zero-order chi connectivity index (χ0) is 14.0. The fourth-order valence-electron chi connectivity index (χ4n) is 1.71. The van der Waals surface area contributed by atoms with Crippen LogP contribution in [0.1, 0.15) is 21.5 Å². The second-order valence-electron chi connectivity index (χ2n) is 4.28. The van der Waals surface area contributed by atoms with Gasteiger partial charge in [-0.15, -0.1) is 0 Å². The number of aryl methyl sites for hydroxylation is 2. The molecule has 0 atom stereocenters. The van der Waals surface area contributed by atoms with Crippen LogP contribution in [0.3, 0.4) is 0 Å². The minimum Gasteiger partial charge on any atom is -0.398 e. The average molecular weight is 258 g/mol. The van der Waals surface area contributed by atoms with E-state index in [9.17, 15) is 9.59 Å². The van der Waals surface area contributed by atoms with Gasteiger partial charge in [0.1, 0.15) is 0 Å². The third-order valence-electron chi connectivity index (χ3n) is 2.78. The van der Waals surface area contributed by atoms with E-state index >= 15 is 0 Å². The van der Waals surface area contributed by atoms with E-state index in [1.807, 2.05) is 19.9 Å². The van der Waals surface area contributed by atoms with Crippen molar-refractivity contribution in [1.82, 2.24) is 10.2 Å². The van der Waals surface area contributed by atoms with E-state index in [-0.39, 0.29) is 17.3 Å². The number of aromatic nitrogens is 2. The number of benzene rings is 1. The van der Waals surface area contributed by atoms with Gasteiger partial charge in [0.15, 0.2) is 5.82 Å². The lowest BCUT2D eigenvalue weighted by molar-refractivity contribution is 0.102. The minimum atomic E-state index is -0.325. The van der Waals surface area contributed by atoms with Crippen molar-refractivity contribution >= 4 is 17.4 Å². The summed E-state index contributed by atoms with van der Waals surface area (Å²) in [5, 5.41) is 8.56. The van der Waals surface area contributed by atoms with Crippen LogP contribution in [0.2, 0.25) is 0 Å². The van der Waals surface area contributed by atoms with Crippen molar-refractivity contribution in [2.45, 2.75) is 13.8 Å². The Balaban J connectivity index is 2.27. The normalized spacial score (nSPS) is 10.2. The summed E-state index contributed by atoms with van der Waals surface area (Å²) in [4.78, 5) is 23.0. The molecule has 2 rings (SSSR count). The number of nitrogen functional groups attached to an aromatic ring is 1. The van der Waals surface area contributed by atoms with Crippen molar-refractivity contribution in [2.75, 3.05) is 11.1 Å². The number of nitrogens with two attached hydrogens (primary N) is 1. The smallest absolute Gasteiger partial charge is 0.264 e. The fraction of sp³-hybridized carbons (Fsp3) is 0.154. The lowest BCUT2D eigenvalue weighted by atomic mass is 10.0. The van der Waals surface area contributed by atoms with E-state index in [2.05, 4.69) is 15.5 Å². The Hall–Kier alpha value is -2.63. The first-order valence-electron chi connectivity index (χ1n) is 5.71. The number of nitrogens with one attached hydrogen (secondary N) is 2. The van der Waals surface area contributed by atoms with E-state index < -0.39 is 0 Å². The molecule has 1 aromatic carbocycles. The molecule has 98 valence electrons. The number of hydrogen-bond donors (Lipinski definition) is 3. The van der Waals surface area contributed by atoms with Crippen LogP contribution in [0.15, 0.2) is 29.1 Å². The summed E-state index contributed by atoms with van der Waals surface area (Å²) in [6.45, 7) is 3.72. The van der Waals surface area contributed by atoms with Gasteiger partial charge in [-0.2, -0.15) is 5.10 Å². The van der Waals surface area contributed by atoms with Crippen molar-refractivity contribution < 1.29 is 4.79 Å². The first-order valence-corrected chi connectivity index (χ1v) is 5.71. The molecule has 2 aromatic rings. The van der Waals surface area contributed by atoms with Gasteiger partial charge in [-0.25, -0.2) is 5.10 Å². The number of H-pyrrole nitrogens is 1. The first kappa shape index (κ1) is 12.8. The summed E-state index contributed by atoms with van der Waals surface area (Å²) in [6.07, 6.45) is 0. The van der Waals surface area contributed by atoms with E-state index in [1.165, 1.54) is 12.1 Å². The summed E-state index contributed by atoms with van der Waals surface area (Å²) in [5.74, 6) is -0.0353. The molecule has 0 unspecified atom stereocenters. The highest BCUT2D eigenvalue weighted by Crippen LogP contribution is 2.18. The summed E-state index contributed by atoms with van der Waals surface area (Å²) >= 11 is 0. The zero-order valence-electron chi connectivity index (χ0n) is 10.7. The SMILES string of the molecule is Cc1cc(C)c(C(=O)Nc2ccc(=O)[nH]n2)cc1N. The molecular weight excluding hydrogens is 244 g/mol. The Morgan fingerprint density at radius 1 is 1.26 bits per heavy atom. The van der Waals surface area contributed by atoms with E-state index in [4.69, 9.17) is 5.73 Å². The Labute approximate surface area is 109 Å². The molecule has 6 heteroatoms. The van der Waals surface area contributed by atoms with Crippen LogP contribution in [0.25, 0.3) is 0 Å². The minimum absolute atomic E-state index is 0.281. The summed E-state index contributed by atoms with van der Waals surface area (Å²) in [7, 11) is 0. The first-order chi connectivity index (χ1) is 8.97. The number of amides is 1. The van der Waals surface area contributed by atoms with Crippen molar-refractivity contribution in [2.24, 2.45) is 0 Å². The average Bonchev–Trinajstić information content (AvgIpc) is 2.36.